The van der Waals surface area contributed by atoms with Gasteiger partial charge < -0.3 is 14.0 Å². The van der Waals surface area contributed by atoms with Crippen LogP contribution in [0.15, 0.2) is 29.4 Å². The van der Waals surface area contributed by atoms with E-state index in [1.165, 1.54) is 10.6 Å². The van der Waals surface area contributed by atoms with E-state index in [4.69, 9.17) is 9.47 Å². The van der Waals surface area contributed by atoms with Gasteiger partial charge in [-0.05, 0) is 38.0 Å². The summed E-state index contributed by atoms with van der Waals surface area (Å²) in [6, 6.07) is 5.17. The van der Waals surface area contributed by atoms with E-state index in [1.807, 2.05) is 17.9 Å². The first-order valence-corrected chi connectivity index (χ1v) is 9.70. The summed E-state index contributed by atoms with van der Waals surface area (Å²) in [7, 11) is 1.97. The van der Waals surface area contributed by atoms with E-state index in [0.717, 1.165) is 35.4 Å². The number of ether oxygens (including phenoxy) is 2. The first kappa shape index (κ1) is 16.3. The Bertz CT molecular complexity index is 1140. The lowest BCUT2D eigenvalue weighted by atomic mass is 10.00. The smallest absolute Gasteiger partial charge is 0.279 e. The van der Waals surface area contributed by atoms with Crippen molar-refractivity contribution in [3.05, 3.63) is 45.3 Å². The van der Waals surface area contributed by atoms with Gasteiger partial charge in [0.15, 0.2) is 16.3 Å². The largest absolute Gasteiger partial charge is 0.454 e. The number of hydrogen-bond acceptors (Lipinski definition) is 5. The maximum Gasteiger partial charge on any atom is 0.279 e. The topological polar surface area (TPSA) is 70.6 Å². The maximum absolute atomic E-state index is 12.8. The summed E-state index contributed by atoms with van der Waals surface area (Å²) < 4.78 is 14.7. The van der Waals surface area contributed by atoms with Crippen LogP contribution < -0.4 is 14.3 Å². The SMILES string of the molecule is CCn1c2c(sc1=NC(=O)c1ccc3c(c1)OCO3)CCc1c-2cnn1C. The summed E-state index contributed by atoms with van der Waals surface area (Å²) >= 11 is 1.59. The molecule has 0 fully saturated rings. The van der Waals surface area contributed by atoms with Crippen LogP contribution in [0.1, 0.15) is 27.9 Å². The molecule has 5 rings (SSSR count). The van der Waals surface area contributed by atoms with Crippen LogP contribution in [-0.4, -0.2) is 27.0 Å². The van der Waals surface area contributed by atoms with Crippen molar-refractivity contribution in [2.24, 2.45) is 12.0 Å². The molecule has 2 aliphatic rings. The van der Waals surface area contributed by atoms with E-state index in [9.17, 15) is 4.79 Å². The first-order chi connectivity index (χ1) is 13.2. The molecule has 0 saturated carbocycles. The van der Waals surface area contributed by atoms with Crippen LogP contribution in [0.4, 0.5) is 0 Å². The summed E-state index contributed by atoms with van der Waals surface area (Å²) in [5.41, 5.74) is 4.02. The van der Waals surface area contributed by atoms with Crippen LogP contribution in [0.5, 0.6) is 11.5 Å². The van der Waals surface area contributed by atoms with Gasteiger partial charge in [0.2, 0.25) is 6.79 Å². The lowest BCUT2D eigenvalue weighted by Gasteiger charge is -2.15. The van der Waals surface area contributed by atoms with Crippen LogP contribution >= 0.6 is 11.3 Å². The lowest BCUT2D eigenvalue weighted by molar-refractivity contribution is 0.0997. The van der Waals surface area contributed by atoms with Gasteiger partial charge in [0.1, 0.15) is 0 Å². The van der Waals surface area contributed by atoms with Crippen LogP contribution in [0.25, 0.3) is 11.3 Å². The number of thiazole rings is 1. The van der Waals surface area contributed by atoms with Gasteiger partial charge in [0.25, 0.3) is 5.91 Å². The van der Waals surface area contributed by atoms with Gasteiger partial charge in [-0.15, -0.1) is 11.3 Å². The Morgan fingerprint density at radius 3 is 3.00 bits per heavy atom. The standard InChI is InChI=1S/C19H18N4O3S/c1-3-23-17-12-9-20-22(2)13(12)5-7-16(17)27-19(23)21-18(24)11-4-6-14-15(8-11)26-10-25-14/h4,6,8-9H,3,5,7,10H2,1-2H3. The molecule has 3 heterocycles. The average Bonchev–Trinajstić information content (AvgIpc) is 3.37. The summed E-state index contributed by atoms with van der Waals surface area (Å²) in [5, 5.41) is 4.41. The van der Waals surface area contributed by atoms with Crippen molar-refractivity contribution >= 4 is 17.2 Å². The highest BCUT2D eigenvalue weighted by Crippen LogP contribution is 2.35. The third kappa shape index (κ3) is 2.51. The number of aromatic nitrogens is 3. The molecule has 1 aliphatic carbocycles. The number of carbonyl (C=O) groups excluding carboxylic acids is 1. The van der Waals surface area contributed by atoms with Crippen molar-refractivity contribution in [2.45, 2.75) is 26.3 Å². The Hall–Kier alpha value is -2.87. The predicted molar refractivity (Wildman–Crippen MR) is 100 cm³/mol. The zero-order valence-electron chi connectivity index (χ0n) is 15.1. The van der Waals surface area contributed by atoms with E-state index in [1.54, 1.807) is 29.5 Å². The fourth-order valence-electron chi connectivity index (χ4n) is 3.67. The molecule has 0 bridgehead atoms. The number of amides is 1. The molecule has 0 radical (unpaired) electrons. The number of benzene rings is 1. The van der Waals surface area contributed by atoms with E-state index in [-0.39, 0.29) is 12.7 Å². The first-order valence-electron chi connectivity index (χ1n) is 8.88. The predicted octanol–water partition coefficient (Wildman–Crippen LogP) is 2.54. The molecule has 8 heteroatoms. The van der Waals surface area contributed by atoms with Crippen LogP contribution in [0.2, 0.25) is 0 Å². The minimum Gasteiger partial charge on any atom is -0.454 e. The third-order valence-corrected chi connectivity index (χ3v) is 6.16. The molecule has 7 nitrogen and oxygen atoms in total. The number of fused-ring (bicyclic) bond motifs is 4. The number of hydrogen-bond donors (Lipinski definition) is 0. The zero-order valence-corrected chi connectivity index (χ0v) is 15.9. The molecule has 0 atom stereocenters. The average molecular weight is 382 g/mol. The van der Waals surface area contributed by atoms with E-state index >= 15 is 0 Å². The number of rotatable bonds is 2. The molecule has 0 N–H and O–H groups in total. The normalized spacial score (nSPS) is 15.0. The minimum atomic E-state index is -0.277. The van der Waals surface area contributed by atoms with E-state index < -0.39 is 0 Å². The van der Waals surface area contributed by atoms with Crippen molar-refractivity contribution in [1.29, 1.82) is 0 Å². The summed E-state index contributed by atoms with van der Waals surface area (Å²) in [4.78, 5) is 19.2. The minimum absolute atomic E-state index is 0.186. The maximum atomic E-state index is 12.8. The molecule has 0 spiro atoms. The molecular formula is C19H18N4O3S. The van der Waals surface area contributed by atoms with E-state index in [0.29, 0.717) is 17.1 Å². The van der Waals surface area contributed by atoms with Gasteiger partial charge in [0, 0.05) is 35.3 Å². The van der Waals surface area contributed by atoms with Crippen molar-refractivity contribution in [3.8, 4) is 22.8 Å². The second-order valence-electron chi connectivity index (χ2n) is 6.51. The Balaban J connectivity index is 1.60. The summed E-state index contributed by atoms with van der Waals surface area (Å²) in [5.74, 6) is 0.969. The molecule has 1 aliphatic heterocycles. The van der Waals surface area contributed by atoms with Crippen molar-refractivity contribution in [2.75, 3.05) is 6.79 Å². The quantitative estimate of drug-likeness (QED) is 0.683. The highest BCUT2D eigenvalue weighted by atomic mass is 32.1. The molecule has 1 aromatic carbocycles. The van der Waals surface area contributed by atoms with Gasteiger partial charge in [-0.25, -0.2) is 0 Å². The molecule has 3 aromatic rings. The highest BCUT2D eigenvalue weighted by Gasteiger charge is 2.25. The molecular weight excluding hydrogens is 364 g/mol. The second kappa shape index (κ2) is 6.09. The molecule has 0 unspecified atom stereocenters. The van der Waals surface area contributed by atoms with Crippen LogP contribution in [-0.2, 0) is 26.4 Å². The van der Waals surface area contributed by atoms with Gasteiger partial charge in [-0.1, -0.05) is 0 Å². The Kier molecular flexibility index (Phi) is 3.68. The van der Waals surface area contributed by atoms with Gasteiger partial charge >= 0.3 is 0 Å². The Morgan fingerprint density at radius 2 is 2.15 bits per heavy atom. The molecule has 2 aromatic heterocycles. The van der Waals surface area contributed by atoms with Crippen molar-refractivity contribution < 1.29 is 14.3 Å². The van der Waals surface area contributed by atoms with Crippen molar-refractivity contribution in [3.63, 3.8) is 0 Å². The fraction of sp³-hybridized carbons (Fsp3) is 0.316. The van der Waals surface area contributed by atoms with Crippen molar-refractivity contribution in [1.82, 2.24) is 14.3 Å². The van der Waals surface area contributed by atoms with E-state index in [2.05, 4.69) is 21.6 Å². The highest BCUT2D eigenvalue weighted by molar-refractivity contribution is 7.09. The van der Waals surface area contributed by atoms with Crippen LogP contribution in [0, 0.1) is 0 Å². The fourth-order valence-corrected chi connectivity index (χ4v) is 4.87. The zero-order chi connectivity index (χ0) is 18.5. The Labute approximate surface area is 159 Å². The molecule has 1 amide bonds. The number of carbonyl (C=O) groups is 1. The summed E-state index contributed by atoms with van der Waals surface area (Å²) in [6.07, 6.45) is 3.81. The Morgan fingerprint density at radius 1 is 1.30 bits per heavy atom. The second-order valence-corrected chi connectivity index (χ2v) is 7.58. The number of nitrogens with zero attached hydrogens (tertiary/aromatic N) is 4. The third-order valence-electron chi connectivity index (χ3n) is 5.02. The molecule has 0 saturated heterocycles. The van der Waals surface area contributed by atoms with Gasteiger partial charge in [0.05, 0.1) is 11.9 Å². The van der Waals surface area contributed by atoms with Crippen LogP contribution in [0.3, 0.4) is 0 Å². The van der Waals surface area contributed by atoms with Gasteiger partial charge in [-0.3, -0.25) is 9.48 Å². The summed E-state index contributed by atoms with van der Waals surface area (Å²) in [6.45, 7) is 3.00. The molecule has 27 heavy (non-hydrogen) atoms. The van der Waals surface area contributed by atoms with Gasteiger partial charge in [-0.2, -0.15) is 10.1 Å². The molecule has 138 valence electrons. The monoisotopic (exact) mass is 382 g/mol. The number of aryl methyl sites for hydroxylation is 2. The lowest BCUT2D eigenvalue weighted by Crippen LogP contribution is -2.18.